The molecule has 2 aliphatic rings. The molecule has 1 aliphatic heterocycles. The van der Waals surface area contributed by atoms with E-state index in [0.717, 1.165) is 19.3 Å². The highest BCUT2D eigenvalue weighted by atomic mass is 19.1. The van der Waals surface area contributed by atoms with Gasteiger partial charge in [0.1, 0.15) is 5.82 Å². The number of carbonyl (C=O) groups is 2. The van der Waals surface area contributed by atoms with E-state index in [0.29, 0.717) is 44.1 Å². The number of hydrogen-bond acceptors (Lipinski definition) is 3. The van der Waals surface area contributed by atoms with Gasteiger partial charge >= 0.3 is 0 Å². The second-order valence-corrected chi connectivity index (χ2v) is 7.09. The number of piperazine rings is 1. The van der Waals surface area contributed by atoms with Gasteiger partial charge in [0.2, 0.25) is 11.8 Å². The summed E-state index contributed by atoms with van der Waals surface area (Å²) in [5.74, 6) is 0.00403. The number of benzene rings is 1. The van der Waals surface area contributed by atoms with Gasteiger partial charge in [0.05, 0.1) is 6.42 Å². The number of carbonyl (C=O) groups excluding carboxylic acids is 2. The van der Waals surface area contributed by atoms with Crippen molar-refractivity contribution >= 4 is 11.8 Å². The molecule has 2 amide bonds. The van der Waals surface area contributed by atoms with Crippen molar-refractivity contribution in [2.75, 3.05) is 26.2 Å². The van der Waals surface area contributed by atoms with Crippen molar-refractivity contribution in [3.63, 3.8) is 0 Å². The van der Waals surface area contributed by atoms with E-state index >= 15 is 0 Å². The Morgan fingerprint density at radius 1 is 1.04 bits per heavy atom. The lowest BCUT2D eigenvalue weighted by Gasteiger charge is -2.35. The molecule has 1 saturated heterocycles. The maximum atomic E-state index is 13.7. The molecular formula is C19H26FN3O2. The average Bonchev–Trinajstić information content (AvgIpc) is 3.02. The van der Waals surface area contributed by atoms with Crippen LogP contribution >= 0.6 is 0 Å². The van der Waals surface area contributed by atoms with Gasteiger partial charge in [0.15, 0.2) is 0 Å². The second-order valence-electron chi connectivity index (χ2n) is 7.09. The molecule has 1 aliphatic carbocycles. The largest absolute Gasteiger partial charge is 0.339 e. The van der Waals surface area contributed by atoms with Gasteiger partial charge in [-0.15, -0.1) is 0 Å². The van der Waals surface area contributed by atoms with Gasteiger partial charge in [-0.2, -0.15) is 0 Å². The van der Waals surface area contributed by atoms with E-state index in [-0.39, 0.29) is 30.1 Å². The predicted molar refractivity (Wildman–Crippen MR) is 93.2 cm³/mol. The summed E-state index contributed by atoms with van der Waals surface area (Å²) in [6.45, 7) is 2.11. The summed E-state index contributed by atoms with van der Waals surface area (Å²) in [5.41, 5.74) is 6.47. The Kier molecular flexibility index (Phi) is 5.68. The third kappa shape index (κ3) is 4.37. The van der Waals surface area contributed by atoms with Crippen LogP contribution in [0.3, 0.4) is 0 Å². The highest BCUT2D eigenvalue weighted by Gasteiger charge is 2.30. The molecule has 3 rings (SSSR count). The van der Waals surface area contributed by atoms with E-state index in [4.69, 9.17) is 5.73 Å². The van der Waals surface area contributed by atoms with Crippen molar-refractivity contribution in [1.29, 1.82) is 0 Å². The first-order chi connectivity index (χ1) is 12.0. The van der Waals surface area contributed by atoms with Crippen molar-refractivity contribution in [3.8, 4) is 0 Å². The smallest absolute Gasteiger partial charge is 0.227 e. The molecule has 2 atom stereocenters. The molecule has 1 aromatic rings. The minimum absolute atomic E-state index is 0.0670. The molecule has 5 nitrogen and oxygen atoms in total. The standard InChI is InChI=1S/C19H26FN3O2/c20-16-6-2-1-4-14(16)12-18(24)22-8-10-23(11-9-22)19(25)13-15-5-3-7-17(15)21/h1-2,4,6,15,17H,3,5,7-13,21H2/t15-,17+/m0/s1. The fraction of sp³-hybridized carbons (Fsp3) is 0.579. The van der Waals surface area contributed by atoms with Crippen molar-refractivity contribution < 1.29 is 14.0 Å². The third-order valence-electron chi connectivity index (χ3n) is 5.44. The molecule has 136 valence electrons. The van der Waals surface area contributed by atoms with Gasteiger partial charge < -0.3 is 15.5 Å². The molecule has 1 heterocycles. The lowest BCUT2D eigenvalue weighted by molar-refractivity contribution is -0.139. The van der Waals surface area contributed by atoms with Gasteiger partial charge in [-0.05, 0) is 30.4 Å². The SMILES string of the molecule is N[C@@H]1CCC[C@H]1CC(=O)N1CCN(C(=O)Cc2ccccc2F)CC1. The molecule has 2 fully saturated rings. The minimum atomic E-state index is -0.349. The van der Waals surface area contributed by atoms with Crippen LogP contribution in [0, 0.1) is 11.7 Å². The van der Waals surface area contributed by atoms with Crippen LogP contribution in [0.25, 0.3) is 0 Å². The Morgan fingerprint density at radius 2 is 1.68 bits per heavy atom. The molecule has 1 saturated carbocycles. The van der Waals surface area contributed by atoms with Gasteiger partial charge in [-0.1, -0.05) is 24.6 Å². The van der Waals surface area contributed by atoms with Crippen LogP contribution in [0.1, 0.15) is 31.2 Å². The van der Waals surface area contributed by atoms with Crippen molar-refractivity contribution in [2.24, 2.45) is 11.7 Å². The van der Waals surface area contributed by atoms with Crippen LogP contribution in [-0.2, 0) is 16.0 Å². The Labute approximate surface area is 148 Å². The van der Waals surface area contributed by atoms with Gasteiger partial charge in [0.25, 0.3) is 0 Å². The molecule has 2 N–H and O–H groups in total. The fourth-order valence-corrected chi connectivity index (χ4v) is 3.79. The van der Waals surface area contributed by atoms with Crippen LogP contribution in [0.2, 0.25) is 0 Å². The van der Waals surface area contributed by atoms with E-state index in [2.05, 4.69) is 0 Å². The summed E-state index contributed by atoms with van der Waals surface area (Å²) < 4.78 is 13.7. The first kappa shape index (κ1) is 17.9. The number of rotatable bonds is 4. The molecular weight excluding hydrogens is 321 g/mol. The molecule has 0 spiro atoms. The summed E-state index contributed by atoms with van der Waals surface area (Å²) in [4.78, 5) is 28.3. The third-order valence-corrected chi connectivity index (χ3v) is 5.44. The molecule has 1 aromatic carbocycles. The summed E-state index contributed by atoms with van der Waals surface area (Å²) >= 11 is 0. The lowest BCUT2D eigenvalue weighted by atomic mass is 9.99. The number of hydrogen-bond donors (Lipinski definition) is 1. The van der Waals surface area contributed by atoms with Crippen molar-refractivity contribution in [1.82, 2.24) is 9.80 Å². The first-order valence-electron chi connectivity index (χ1n) is 9.09. The Morgan fingerprint density at radius 3 is 2.28 bits per heavy atom. The maximum absolute atomic E-state index is 13.7. The maximum Gasteiger partial charge on any atom is 0.227 e. The van der Waals surface area contributed by atoms with Crippen LogP contribution in [0.5, 0.6) is 0 Å². The number of amides is 2. The van der Waals surface area contributed by atoms with Crippen LogP contribution in [0.4, 0.5) is 4.39 Å². The van der Waals surface area contributed by atoms with Crippen molar-refractivity contribution in [2.45, 2.75) is 38.1 Å². The van der Waals surface area contributed by atoms with Crippen LogP contribution in [0.15, 0.2) is 24.3 Å². The quantitative estimate of drug-likeness (QED) is 0.899. The van der Waals surface area contributed by atoms with Gasteiger partial charge in [0, 0.05) is 38.6 Å². The van der Waals surface area contributed by atoms with Gasteiger partial charge in [-0.25, -0.2) is 4.39 Å². The molecule has 0 unspecified atom stereocenters. The first-order valence-corrected chi connectivity index (χ1v) is 9.09. The number of halogens is 1. The molecule has 0 radical (unpaired) electrons. The van der Waals surface area contributed by atoms with Crippen molar-refractivity contribution in [3.05, 3.63) is 35.6 Å². The highest BCUT2D eigenvalue weighted by molar-refractivity contribution is 5.80. The molecule has 6 heteroatoms. The molecule has 0 aromatic heterocycles. The average molecular weight is 347 g/mol. The minimum Gasteiger partial charge on any atom is -0.339 e. The van der Waals surface area contributed by atoms with E-state index in [1.807, 2.05) is 4.90 Å². The summed E-state index contributed by atoms with van der Waals surface area (Å²) in [5, 5.41) is 0. The van der Waals surface area contributed by atoms with E-state index < -0.39 is 0 Å². The zero-order chi connectivity index (χ0) is 17.8. The topological polar surface area (TPSA) is 66.6 Å². The number of nitrogens with two attached hydrogens (primary N) is 1. The zero-order valence-electron chi connectivity index (χ0n) is 14.5. The summed E-state index contributed by atoms with van der Waals surface area (Å²) in [6, 6.07) is 6.50. The Hall–Kier alpha value is -1.95. The molecule has 0 bridgehead atoms. The van der Waals surface area contributed by atoms with E-state index in [1.54, 1.807) is 23.1 Å². The predicted octanol–water partition coefficient (Wildman–Crippen LogP) is 1.56. The zero-order valence-corrected chi connectivity index (χ0v) is 14.5. The second kappa shape index (κ2) is 7.95. The fourth-order valence-electron chi connectivity index (χ4n) is 3.79. The van der Waals surface area contributed by atoms with Gasteiger partial charge in [-0.3, -0.25) is 9.59 Å². The normalized spacial score (nSPS) is 23.8. The Bertz CT molecular complexity index is 629. The number of nitrogens with zero attached hydrogens (tertiary/aromatic N) is 2. The summed E-state index contributed by atoms with van der Waals surface area (Å²) in [6.07, 6.45) is 3.74. The lowest BCUT2D eigenvalue weighted by Crippen LogP contribution is -2.51. The van der Waals surface area contributed by atoms with E-state index in [9.17, 15) is 14.0 Å². The summed E-state index contributed by atoms with van der Waals surface area (Å²) in [7, 11) is 0. The molecule has 25 heavy (non-hydrogen) atoms. The highest BCUT2D eigenvalue weighted by Crippen LogP contribution is 2.27. The Balaban J connectivity index is 1.47. The van der Waals surface area contributed by atoms with E-state index in [1.165, 1.54) is 6.07 Å². The van der Waals surface area contributed by atoms with Crippen LogP contribution < -0.4 is 5.73 Å². The van der Waals surface area contributed by atoms with Crippen LogP contribution in [-0.4, -0.2) is 53.8 Å². The monoisotopic (exact) mass is 347 g/mol.